The van der Waals surface area contributed by atoms with Gasteiger partial charge in [0.2, 0.25) is 0 Å². The first kappa shape index (κ1) is 23.9. The van der Waals surface area contributed by atoms with Gasteiger partial charge in [-0.25, -0.2) is 9.59 Å². The number of carbonyl (C=O) groups excluding carboxylic acids is 2. The van der Waals surface area contributed by atoms with Crippen molar-refractivity contribution < 1.29 is 34.4 Å². The maximum Gasteiger partial charge on any atom is 0.339 e. The highest BCUT2D eigenvalue weighted by Gasteiger charge is 2.48. The fourth-order valence-corrected chi connectivity index (χ4v) is 3.18. The zero-order valence-electron chi connectivity index (χ0n) is 16.5. The molecule has 1 heterocycles. The molecule has 0 spiro atoms. The summed E-state index contributed by atoms with van der Waals surface area (Å²) in [6, 6.07) is 0. The van der Waals surface area contributed by atoms with E-state index in [1.807, 2.05) is 0 Å². The second-order valence-electron chi connectivity index (χ2n) is 7.34. The van der Waals surface area contributed by atoms with Crippen LogP contribution < -0.4 is 0 Å². The van der Waals surface area contributed by atoms with Gasteiger partial charge in [0, 0.05) is 0 Å². The maximum atomic E-state index is 11.7. The molecule has 7 nitrogen and oxygen atoms in total. The molecule has 158 valence electrons. The Hall–Kier alpha value is -1.18. The van der Waals surface area contributed by atoms with Crippen molar-refractivity contribution >= 4 is 11.9 Å². The number of rotatable bonds is 15. The van der Waals surface area contributed by atoms with Crippen LogP contribution in [0, 0.1) is 0 Å². The predicted octanol–water partition coefficient (Wildman–Crippen LogP) is 2.24. The Morgan fingerprint density at radius 2 is 1.44 bits per heavy atom. The van der Waals surface area contributed by atoms with Crippen LogP contribution in [0.1, 0.15) is 84.0 Å². The Bertz CT molecular complexity index is 427. The fraction of sp³-hybridized carbons (Fsp3) is 0.900. The molecule has 0 aromatic heterocycles. The highest BCUT2D eigenvalue weighted by Crippen LogP contribution is 2.20. The lowest BCUT2D eigenvalue weighted by Gasteiger charge is -2.18. The Kier molecular flexibility index (Phi) is 12.3. The van der Waals surface area contributed by atoms with E-state index in [0.29, 0.717) is 6.42 Å². The summed E-state index contributed by atoms with van der Waals surface area (Å²) in [6.45, 7) is 2.40. The van der Waals surface area contributed by atoms with E-state index in [4.69, 9.17) is 4.74 Å². The van der Waals surface area contributed by atoms with E-state index in [1.54, 1.807) is 0 Å². The number of esters is 2. The third kappa shape index (κ3) is 9.04. The van der Waals surface area contributed by atoms with Gasteiger partial charge < -0.3 is 24.8 Å². The van der Waals surface area contributed by atoms with Crippen molar-refractivity contribution in [3.05, 3.63) is 0 Å². The molecule has 0 aromatic rings. The monoisotopic (exact) mass is 388 g/mol. The normalized spacial score (nSPS) is 23.3. The Balaban J connectivity index is 1.96. The second-order valence-corrected chi connectivity index (χ2v) is 7.34. The summed E-state index contributed by atoms with van der Waals surface area (Å²) in [7, 11) is 0. The molecule has 1 rings (SSSR count). The van der Waals surface area contributed by atoms with Crippen molar-refractivity contribution in [2.45, 2.75) is 108 Å². The van der Waals surface area contributed by atoms with E-state index >= 15 is 0 Å². The Morgan fingerprint density at radius 3 is 1.89 bits per heavy atom. The zero-order chi connectivity index (χ0) is 20.1. The molecule has 1 aliphatic rings. The smallest absolute Gasteiger partial charge is 0.339 e. The van der Waals surface area contributed by atoms with Gasteiger partial charge in [-0.2, -0.15) is 0 Å². The van der Waals surface area contributed by atoms with Gasteiger partial charge in [0.25, 0.3) is 0 Å². The van der Waals surface area contributed by atoms with Crippen LogP contribution >= 0.6 is 0 Å². The van der Waals surface area contributed by atoms with E-state index in [9.17, 15) is 24.9 Å². The fourth-order valence-electron chi connectivity index (χ4n) is 3.18. The van der Waals surface area contributed by atoms with Crippen LogP contribution in [0.2, 0.25) is 0 Å². The first-order valence-electron chi connectivity index (χ1n) is 10.4. The number of aliphatic hydroxyl groups excluding tert-OH is 3. The van der Waals surface area contributed by atoms with E-state index in [2.05, 4.69) is 11.7 Å². The Labute approximate surface area is 162 Å². The SMILES string of the molecule is CCCCCCCCCCCCCCOC(=O)[C@H](O)[C@H]1OC(=O)[C@@H](O)[C@H]1O. The number of cyclic esters (lactones) is 1. The van der Waals surface area contributed by atoms with Crippen LogP contribution in [0.5, 0.6) is 0 Å². The van der Waals surface area contributed by atoms with E-state index in [1.165, 1.54) is 57.8 Å². The molecule has 0 unspecified atom stereocenters. The average molecular weight is 389 g/mol. The van der Waals surface area contributed by atoms with Crippen LogP contribution in [0.3, 0.4) is 0 Å². The van der Waals surface area contributed by atoms with Gasteiger partial charge in [0.15, 0.2) is 18.3 Å². The molecule has 1 fully saturated rings. The molecule has 0 saturated carbocycles. The van der Waals surface area contributed by atoms with E-state index in [0.717, 1.165) is 12.8 Å². The van der Waals surface area contributed by atoms with E-state index < -0.39 is 36.4 Å². The maximum absolute atomic E-state index is 11.7. The average Bonchev–Trinajstić information content (AvgIpc) is 2.92. The van der Waals surface area contributed by atoms with Crippen LogP contribution in [-0.2, 0) is 19.1 Å². The lowest BCUT2D eigenvalue weighted by Crippen LogP contribution is -2.43. The molecule has 0 aromatic carbocycles. The third-order valence-electron chi connectivity index (χ3n) is 4.95. The molecule has 3 N–H and O–H groups in total. The number of ether oxygens (including phenoxy) is 2. The van der Waals surface area contributed by atoms with Crippen molar-refractivity contribution in [2.24, 2.45) is 0 Å². The first-order valence-corrected chi connectivity index (χ1v) is 10.4. The number of carbonyl (C=O) groups is 2. The van der Waals surface area contributed by atoms with Gasteiger partial charge in [-0.15, -0.1) is 0 Å². The van der Waals surface area contributed by atoms with Crippen molar-refractivity contribution in [2.75, 3.05) is 6.61 Å². The lowest BCUT2D eigenvalue weighted by molar-refractivity contribution is -0.167. The van der Waals surface area contributed by atoms with Gasteiger partial charge in [0.1, 0.15) is 6.10 Å². The van der Waals surface area contributed by atoms with Crippen molar-refractivity contribution in [3.63, 3.8) is 0 Å². The van der Waals surface area contributed by atoms with Gasteiger partial charge in [-0.3, -0.25) is 0 Å². The topological polar surface area (TPSA) is 113 Å². The summed E-state index contributed by atoms with van der Waals surface area (Å²) in [6.07, 6.45) is 7.74. The molecule has 0 bridgehead atoms. The minimum absolute atomic E-state index is 0.173. The lowest BCUT2D eigenvalue weighted by atomic mass is 10.1. The molecule has 0 radical (unpaired) electrons. The summed E-state index contributed by atoms with van der Waals surface area (Å²) in [4.78, 5) is 22.8. The molecular formula is C20H36O7. The molecule has 1 aliphatic heterocycles. The summed E-state index contributed by atoms with van der Waals surface area (Å²) in [5, 5.41) is 28.6. The van der Waals surface area contributed by atoms with Crippen LogP contribution in [0.15, 0.2) is 0 Å². The van der Waals surface area contributed by atoms with Crippen molar-refractivity contribution in [1.82, 2.24) is 0 Å². The Morgan fingerprint density at radius 1 is 0.963 bits per heavy atom. The minimum Gasteiger partial charge on any atom is -0.464 e. The standard InChI is InChI=1S/C20H36O7/c1-2-3-4-5-6-7-8-9-10-11-12-13-14-26-19(24)17(23)18-15(21)16(22)20(25)27-18/h15-18,21-23H,2-14H2,1H3/t15-,16+,17-,18+/m1/s1. The van der Waals surface area contributed by atoms with Gasteiger partial charge in [-0.1, -0.05) is 77.6 Å². The van der Waals surface area contributed by atoms with Crippen LogP contribution in [0.25, 0.3) is 0 Å². The van der Waals surface area contributed by atoms with Crippen LogP contribution in [-0.4, -0.2) is 58.3 Å². The number of hydrogen-bond acceptors (Lipinski definition) is 7. The predicted molar refractivity (Wildman–Crippen MR) is 99.9 cm³/mol. The largest absolute Gasteiger partial charge is 0.464 e. The molecular weight excluding hydrogens is 352 g/mol. The molecule has 1 saturated heterocycles. The quantitative estimate of drug-likeness (QED) is 0.291. The van der Waals surface area contributed by atoms with Crippen LogP contribution in [0.4, 0.5) is 0 Å². The molecule has 4 atom stereocenters. The number of unbranched alkanes of at least 4 members (excludes halogenated alkanes) is 11. The molecule has 0 amide bonds. The minimum atomic E-state index is -1.79. The molecule has 27 heavy (non-hydrogen) atoms. The number of hydrogen-bond donors (Lipinski definition) is 3. The molecule has 7 heteroatoms. The highest BCUT2D eigenvalue weighted by atomic mass is 16.6. The van der Waals surface area contributed by atoms with Gasteiger partial charge in [0.05, 0.1) is 6.61 Å². The third-order valence-corrected chi connectivity index (χ3v) is 4.95. The second kappa shape index (κ2) is 13.9. The van der Waals surface area contributed by atoms with Gasteiger partial charge in [-0.05, 0) is 6.42 Å². The van der Waals surface area contributed by atoms with E-state index in [-0.39, 0.29) is 6.61 Å². The highest BCUT2D eigenvalue weighted by molar-refractivity contribution is 5.81. The first-order chi connectivity index (χ1) is 13.0. The summed E-state index contributed by atoms with van der Waals surface area (Å²) in [5.41, 5.74) is 0. The summed E-state index contributed by atoms with van der Waals surface area (Å²) >= 11 is 0. The van der Waals surface area contributed by atoms with Gasteiger partial charge >= 0.3 is 11.9 Å². The zero-order valence-corrected chi connectivity index (χ0v) is 16.5. The van der Waals surface area contributed by atoms with Crippen molar-refractivity contribution in [3.8, 4) is 0 Å². The van der Waals surface area contributed by atoms with Crippen molar-refractivity contribution in [1.29, 1.82) is 0 Å². The molecule has 0 aliphatic carbocycles. The number of aliphatic hydroxyl groups is 3. The summed E-state index contributed by atoms with van der Waals surface area (Å²) < 4.78 is 9.55. The summed E-state index contributed by atoms with van der Waals surface area (Å²) in [5.74, 6) is -2.01.